The maximum absolute atomic E-state index is 12.9. The van der Waals surface area contributed by atoms with Crippen LogP contribution in [0.1, 0.15) is 15.9 Å². The minimum absolute atomic E-state index is 0.0226. The van der Waals surface area contributed by atoms with Gasteiger partial charge in [0.15, 0.2) is 17.3 Å². The normalized spacial score (nSPS) is 10.1. The van der Waals surface area contributed by atoms with Gasteiger partial charge in [-0.3, -0.25) is 4.79 Å². The number of alkyl halides is 1. The van der Waals surface area contributed by atoms with Gasteiger partial charge in [0, 0.05) is 0 Å². The Hall–Kier alpha value is -0.900. The number of carbonyl (C=O) groups is 1. The van der Waals surface area contributed by atoms with Crippen LogP contribution < -0.4 is 0 Å². The van der Waals surface area contributed by atoms with Crippen molar-refractivity contribution in [1.29, 1.82) is 0 Å². The van der Waals surface area contributed by atoms with Crippen molar-refractivity contribution in [3.05, 3.63) is 29.1 Å². The van der Waals surface area contributed by atoms with Crippen LogP contribution in [0.5, 0.6) is 5.75 Å². The van der Waals surface area contributed by atoms with Gasteiger partial charge in [0.25, 0.3) is 0 Å². The van der Waals surface area contributed by atoms with Gasteiger partial charge in [-0.25, -0.2) is 4.39 Å². The van der Waals surface area contributed by atoms with E-state index in [-0.39, 0.29) is 16.7 Å². The summed E-state index contributed by atoms with van der Waals surface area (Å²) in [5, 5.41) is 9.28. The Balaban J connectivity index is 3.28. The SMILES string of the molecule is Cc1cc(F)c(O)c(C(=O)CBr)c1. The van der Waals surface area contributed by atoms with E-state index in [2.05, 4.69) is 15.9 Å². The molecule has 1 aromatic carbocycles. The molecule has 1 rings (SSSR count). The minimum atomic E-state index is -0.760. The number of ketones is 1. The summed E-state index contributed by atoms with van der Waals surface area (Å²) in [5.74, 6) is -1.67. The van der Waals surface area contributed by atoms with Crippen LogP contribution in [0.15, 0.2) is 12.1 Å². The molecule has 0 fully saturated rings. The largest absolute Gasteiger partial charge is 0.504 e. The highest BCUT2D eigenvalue weighted by molar-refractivity contribution is 9.09. The number of benzene rings is 1. The van der Waals surface area contributed by atoms with Crippen LogP contribution in [0.2, 0.25) is 0 Å². The number of aromatic hydroxyl groups is 1. The first kappa shape index (κ1) is 10.2. The molecule has 0 amide bonds. The number of aryl methyl sites for hydroxylation is 1. The molecule has 0 radical (unpaired) electrons. The molecule has 4 heteroatoms. The van der Waals surface area contributed by atoms with Crippen LogP contribution in [0.25, 0.3) is 0 Å². The maximum atomic E-state index is 12.9. The second kappa shape index (κ2) is 3.87. The summed E-state index contributed by atoms with van der Waals surface area (Å²) in [7, 11) is 0. The topological polar surface area (TPSA) is 37.3 Å². The molecule has 0 atom stereocenters. The zero-order valence-corrected chi connectivity index (χ0v) is 8.56. The fourth-order valence-electron chi connectivity index (χ4n) is 1.02. The molecular weight excluding hydrogens is 239 g/mol. The van der Waals surface area contributed by atoms with Gasteiger partial charge in [-0.05, 0) is 24.6 Å². The van der Waals surface area contributed by atoms with Crippen LogP contribution in [-0.2, 0) is 0 Å². The van der Waals surface area contributed by atoms with Gasteiger partial charge in [0.2, 0.25) is 0 Å². The van der Waals surface area contributed by atoms with Crippen LogP contribution in [-0.4, -0.2) is 16.2 Å². The molecule has 0 aliphatic heterocycles. The maximum Gasteiger partial charge on any atom is 0.177 e. The van der Waals surface area contributed by atoms with Crippen molar-refractivity contribution >= 4 is 21.7 Å². The van der Waals surface area contributed by atoms with Crippen LogP contribution >= 0.6 is 15.9 Å². The molecular formula is C9H8BrFO2. The van der Waals surface area contributed by atoms with E-state index in [0.29, 0.717) is 5.56 Å². The highest BCUT2D eigenvalue weighted by Gasteiger charge is 2.13. The van der Waals surface area contributed by atoms with E-state index >= 15 is 0 Å². The third-order valence-electron chi connectivity index (χ3n) is 1.63. The number of rotatable bonds is 2. The molecule has 70 valence electrons. The molecule has 2 nitrogen and oxygen atoms in total. The molecule has 0 saturated carbocycles. The lowest BCUT2D eigenvalue weighted by atomic mass is 10.1. The van der Waals surface area contributed by atoms with Gasteiger partial charge < -0.3 is 5.11 Å². The third kappa shape index (κ3) is 2.06. The van der Waals surface area contributed by atoms with E-state index in [1.165, 1.54) is 12.1 Å². The molecule has 0 aliphatic carbocycles. The Morgan fingerprint density at radius 3 is 2.77 bits per heavy atom. The predicted molar refractivity (Wildman–Crippen MR) is 50.9 cm³/mol. The number of Topliss-reactive ketones (excluding diaryl/α,β-unsaturated/α-hetero) is 1. The predicted octanol–water partition coefficient (Wildman–Crippen LogP) is 2.42. The van der Waals surface area contributed by atoms with Crippen molar-refractivity contribution in [3.8, 4) is 5.75 Å². The Morgan fingerprint density at radius 2 is 2.23 bits per heavy atom. The Kier molecular flexibility index (Phi) is 3.03. The molecule has 0 unspecified atom stereocenters. The molecule has 1 aromatic rings. The zero-order chi connectivity index (χ0) is 10.0. The van der Waals surface area contributed by atoms with Crippen molar-refractivity contribution in [2.45, 2.75) is 6.92 Å². The molecule has 1 N–H and O–H groups in total. The lowest BCUT2D eigenvalue weighted by molar-refractivity contribution is 0.102. The van der Waals surface area contributed by atoms with Gasteiger partial charge >= 0.3 is 0 Å². The fraction of sp³-hybridized carbons (Fsp3) is 0.222. The van der Waals surface area contributed by atoms with Gasteiger partial charge in [-0.15, -0.1) is 0 Å². The van der Waals surface area contributed by atoms with Crippen molar-refractivity contribution in [3.63, 3.8) is 0 Å². The van der Waals surface area contributed by atoms with Gasteiger partial charge in [-0.1, -0.05) is 15.9 Å². The van der Waals surface area contributed by atoms with Crippen LogP contribution in [0, 0.1) is 12.7 Å². The first-order chi connectivity index (χ1) is 6.06. The third-order valence-corrected chi connectivity index (χ3v) is 2.14. The summed E-state index contributed by atoms with van der Waals surface area (Å²) in [6.45, 7) is 1.66. The standard InChI is InChI=1S/C9H8BrFO2/c1-5-2-6(8(12)4-10)9(13)7(11)3-5/h2-3,13H,4H2,1H3. The summed E-state index contributed by atoms with van der Waals surface area (Å²) < 4.78 is 12.9. The van der Waals surface area contributed by atoms with Crippen molar-refractivity contribution in [2.24, 2.45) is 0 Å². The highest BCUT2D eigenvalue weighted by Crippen LogP contribution is 2.23. The van der Waals surface area contributed by atoms with E-state index in [1.807, 2.05) is 0 Å². The first-order valence-corrected chi connectivity index (χ1v) is 4.76. The van der Waals surface area contributed by atoms with Gasteiger partial charge in [0.1, 0.15) is 0 Å². The van der Waals surface area contributed by atoms with E-state index in [4.69, 9.17) is 0 Å². The fourth-order valence-corrected chi connectivity index (χ4v) is 1.32. The molecule has 0 spiro atoms. The number of halogens is 2. The summed E-state index contributed by atoms with van der Waals surface area (Å²) in [6.07, 6.45) is 0. The average Bonchev–Trinajstić information content (AvgIpc) is 2.10. The van der Waals surface area contributed by atoms with Gasteiger partial charge in [-0.2, -0.15) is 0 Å². The van der Waals surface area contributed by atoms with Crippen molar-refractivity contribution in [2.75, 3.05) is 5.33 Å². The minimum Gasteiger partial charge on any atom is -0.504 e. The van der Waals surface area contributed by atoms with Crippen LogP contribution in [0.4, 0.5) is 4.39 Å². The lowest BCUT2D eigenvalue weighted by Gasteiger charge is -2.03. The number of phenolic OH excluding ortho intramolecular Hbond substituents is 1. The molecule has 0 aliphatic rings. The Bertz CT molecular complexity index is 350. The van der Waals surface area contributed by atoms with Gasteiger partial charge in [0.05, 0.1) is 10.9 Å². The Labute approximate surface area is 83.5 Å². The van der Waals surface area contributed by atoms with E-state index in [9.17, 15) is 14.3 Å². The van der Waals surface area contributed by atoms with E-state index in [1.54, 1.807) is 6.92 Å². The average molecular weight is 247 g/mol. The molecule has 0 heterocycles. The zero-order valence-electron chi connectivity index (χ0n) is 6.97. The molecule has 0 bridgehead atoms. The number of hydrogen-bond acceptors (Lipinski definition) is 2. The second-order valence-corrected chi connectivity index (χ2v) is 3.26. The molecule has 13 heavy (non-hydrogen) atoms. The highest BCUT2D eigenvalue weighted by atomic mass is 79.9. The molecule has 0 saturated heterocycles. The number of hydrogen-bond donors (Lipinski definition) is 1. The molecule has 0 aromatic heterocycles. The lowest BCUT2D eigenvalue weighted by Crippen LogP contribution is -2.02. The monoisotopic (exact) mass is 246 g/mol. The van der Waals surface area contributed by atoms with E-state index < -0.39 is 11.6 Å². The second-order valence-electron chi connectivity index (χ2n) is 2.70. The van der Waals surface area contributed by atoms with Crippen molar-refractivity contribution in [1.82, 2.24) is 0 Å². The van der Waals surface area contributed by atoms with Crippen molar-refractivity contribution < 1.29 is 14.3 Å². The summed E-state index contributed by atoms with van der Waals surface area (Å²) >= 11 is 2.95. The quantitative estimate of drug-likeness (QED) is 0.643. The summed E-state index contributed by atoms with van der Waals surface area (Å²) in [5.41, 5.74) is 0.633. The Morgan fingerprint density at radius 1 is 1.62 bits per heavy atom. The smallest absolute Gasteiger partial charge is 0.177 e. The first-order valence-electron chi connectivity index (χ1n) is 3.64. The number of phenols is 1. The van der Waals surface area contributed by atoms with E-state index in [0.717, 1.165) is 0 Å². The number of carbonyl (C=O) groups excluding carboxylic acids is 1. The van der Waals surface area contributed by atoms with Crippen LogP contribution in [0.3, 0.4) is 0 Å². The summed E-state index contributed by atoms with van der Waals surface area (Å²) in [4.78, 5) is 11.2. The summed E-state index contributed by atoms with van der Waals surface area (Å²) in [6, 6.07) is 2.64.